The minimum Gasteiger partial charge on any atom is -0.468 e. The number of hydrogen-bond acceptors (Lipinski definition) is 3. The van der Waals surface area contributed by atoms with Crippen LogP contribution in [0.4, 0.5) is 13.2 Å². The van der Waals surface area contributed by atoms with Crippen LogP contribution in [0.1, 0.15) is 6.42 Å². The smallest absolute Gasteiger partial charge is 0.414 e. The van der Waals surface area contributed by atoms with Crippen LogP contribution in [0, 0.1) is 0 Å². The fraction of sp³-hybridized carbons (Fsp3) is 0.500. The molecular formula is C10H13F3O2S. The number of hydrogen-bond donors (Lipinski definition) is 0. The second-order valence-electron chi connectivity index (χ2n) is 2.91. The normalized spacial score (nSPS) is 15.0. The maximum Gasteiger partial charge on any atom is 0.414 e. The minimum atomic E-state index is -4.69. The number of carbonyl (C=O) groups is 1. The summed E-state index contributed by atoms with van der Waals surface area (Å²) in [6.07, 6.45) is -2.86. The predicted molar refractivity (Wildman–Crippen MR) is 58.3 cm³/mol. The number of methoxy groups -OCH3 is 1. The molecule has 0 N–H and O–H groups in total. The summed E-state index contributed by atoms with van der Waals surface area (Å²) in [6.45, 7) is 6.56. The van der Waals surface area contributed by atoms with E-state index in [2.05, 4.69) is 17.9 Å². The number of allylic oxidation sites excluding steroid dienone is 1. The van der Waals surface area contributed by atoms with Crippen molar-refractivity contribution in [3.63, 3.8) is 0 Å². The molecule has 6 heteroatoms. The molecule has 0 aromatic rings. The summed E-state index contributed by atoms with van der Waals surface area (Å²) in [4.78, 5) is 11.3. The molecule has 1 atom stereocenters. The molecule has 0 fully saturated rings. The Morgan fingerprint density at radius 2 is 1.94 bits per heavy atom. The first-order valence-corrected chi connectivity index (χ1v) is 5.35. The molecule has 0 spiro atoms. The van der Waals surface area contributed by atoms with Gasteiger partial charge in [-0.25, -0.2) is 0 Å². The van der Waals surface area contributed by atoms with Crippen molar-refractivity contribution in [1.82, 2.24) is 0 Å². The van der Waals surface area contributed by atoms with Gasteiger partial charge in [0.25, 0.3) is 0 Å². The Bertz CT molecular complexity index is 276. The number of esters is 1. The second-order valence-corrected chi connectivity index (χ2v) is 4.23. The highest BCUT2D eigenvalue weighted by molar-refractivity contribution is 8.01. The third kappa shape index (κ3) is 3.04. The molecule has 0 bridgehead atoms. The van der Waals surface area contributed by atoms with Gasteiger partial charge in [-0.05, 0) is 6.42 Å². The van der Waals surface area contributed by atoms with Crippen molar-refractivity contribution in [1.29, 1.82) is 0 Å². The van der Waals surface area contributed by atoms with Gasteiger partial charge in [-0.1, -0.05) is 12.2 Å². The zero-order chi connectivity index (χ0) is 12.8. The number of halogens is 3. The van der Waals surface area contributed by atoms with Gasteiger partial charge in [0.05, 0.1) is 7.11 Å². The summed E-state index contributed by atoms with van der Waals surface area (Å²) in [5.74, 6) is -1.31. The van der Waals surface area contributed by atoms with E-state index in [1.165, 1.54) is 6.08 Å². The van der Waals surface area contributed by atoms with E-state index in [1.807, 2.05) is 0 Å². The number of carbonyl (C=O) groups excluding carboxylic acids is 1. The molecule has 0 heterocycles. The minimum absolute atomic E-state index is 0.00243. The first-order chi connectivity index (χ1) is 7.35. The van der Waals surface area contributed by atoms with Crippen LogP contribution in [0.25, 0.3) is 0 Å². The van der Waals surface area contributed by atoms with Gasteiger partial charge in [-0.2, -0.15) is 13.2 Å². The second kappa shape index (κ2) is 5.98. The third-order valence-electron chi connectivity index (χ3n) is 1.85. The number of rotatable bonds is 6. The van der Waals surface area contributed by atoms with Crippen LogP contribution >= 0.6 is 11.8 Å². The number of alkyl halides is 3. The fourth-order valence-electron chi connectivity index (χ4n) is 1.08. The molecule has 0 amide bonds. The summed E-state index contributed by atoms with van der Waals surface area (Å²) in [5, 5.41) is 0. The lowest BCUT2D eigenvalue weighted by Gasteiger charge is -2.31. The summed E-state index contributed by atoms with van der Waals surface area (Å²) >= 11 is 0.444. The van der Waals surface area contributed by atoms with Gasteiger partial charge in [0, 0.05) is 5.75 Å². The van der Waals surface area contributed by atoms with Gasteiger partial charge >= 0.3 is 12.1 Å². The van der Waals surface area contributed by atoms with E-state index >= 15 is 0 Å². The predicted octanol–water partition coefficient (Wildman–Crippen LogP) is 2.96. The topological polar surface area (TPSA) is 26.3 Å². The molecule has 1 unspecified atom stereocenters. The van der Waals surface area contributed by atoms with Gasteiger partial charge in [0.1, 0.15) is 0 Å². The first kappa shape index (κ1) is 15.1. The summed E-state index contributed by atoms with van der Waals surface area (Å²) < 4.78 is 40.4. The van der Waals surface area contributed by atoms with Crippen LogP contribution in [0.5, 0.6) is 0 Å². The summed E-state index contributed by atoms with van der Waals surface area (Å²) in [6, 6.07) is 0. The Morgan fingerprint density at radius 3 is 2.25 bits per heavy atom. The largest absolute Gasteiger partial charge is 0.468 e. The van der Waals surface area contributed by atoms with Gasteiger partial charge in [0.2, 0.25) is 4.75 Å². The molecule has 92 valence electrons. The van der Waals surface area contributed by atoms with Gasteiger partial charge in [-0.3, -0.25) is 4.79 Å². The summed E-state index contributed by atoms with van der Waals surface area (Å²) in [7, 11) is 0.931. The van der Waals surface area contributed by atoms with Crippen LogP contribution in [0.15, 0.2) is 25.3 Å². The Labute approximate surface area is 96.5 Å². The van der Waals surface area contributed by atoms with Gasteiger partial charge in [-0.15, -0.1) is 24.9 Å². The Morgan fingerprint density at radius 1 is 1.38 bits per heavy atom. The van der Waals surface area contributed by atoms with E-state index in [1.54, 1.807) is 0 Å². The maximum atomic E-state index is 12.9. The van der Waals surface area contributed by atoms with Crippen molar-refractivity contribution in [3.8, 4) is 0 Å². The third-order valence-corrected chi connectivity index (χ3v) is 3.31. The van der Waals surface area contributed by atoms with E-state index in [9.17, 15) is 18.0 Å². The molecule has 0 aromatic heterocycles. The molecule has 16 heavy (non-hydrogen) atoms. The standard InChI is InChI=1S/C10H13F3O2S/c1-4-6-9(8(14)15-3,10(11,12)13)16-7-5-2/h4-5H,1-2,6-7H2,3H3. The molecule has 0 aromatic carbocycles. The van der Waals surface area contributed by atoms with Crippen molar-refractivity contribution in [2.24, 2.45) is 0 Å². The molecule has 0 radical (unpaired) electrons. The van der Waals surface area contributed by atoms with E-state index in [4.69, 9.17) is 0 Å². The Balaban J connectivity index is 5.28. The van der Waals surface area contributed by atoms with Crippen molar-refractivity contribution >= 4 is 17.7 Å². The fourth-order valence-corrected chi connectivity index (χ4v) is 2.09. The zero-order valence-electron chi connectivity index (χ0n) is 8.84. The molecule has 0 saturated heterocycles. The van der Waals surface area contributed by atoms with Gasteiger partial charge in [0.15, 0.2) is 0 Å². The molecule has 0 aliphatic heterocycles. The zero-order valence-corrected chi connectivity index (χ0v) is 9.66. The van der Waals surface area contributed by atoms with Crippen LogP contribution in [0.2, 0.25) is 0 Å². The molecule has 0 saturated carbocycles. The van der Waals surface area contributed by atoms with E-state index in [0.29, 0.717) is 11.8 Å². The lowest BCUT2D eigenvalue weighted by Crippen LogP contribution is -2.49. The monoisotopic (exact) mass is 254 g/mol. The van der Waals surface area contributed by atoms with Crippen molar-refractivity contribution in [3.05, 3.63) is 25.3 Å². The molecule has 0 aliphatic carbocycles. The highest BCUT2D eigenvalue weighted by Gasteiger charge is 2.60. The van der Waals surface area contributed by atoms with E-state index in [0.717, 1.165) is 13.2 Å². The van der Waals surface area contributed by atoms with Crippen LogP contribution in [0.3, 0.4) is 0 Å². The molecular weight excluding hydrogens is 241 g/mol. The highest BCUT2D eigenvalue weighted by atomic mass is 32.2. The van der Waals surface area contributed by atoms with Gasteiger partial charge < -0.3 is 4.74 Å². The quantitative estimate of drug-likeness (QED) is 0.538. The Hall–Kier alpha value is -0.910. The van der Waals surface area contributed by atoms with Crippen LogP contribution in [-0.2, 0) is 9.53 Å². The van der Waals surface area contributed by atoms with E-state index < -0.39 is 23.3 Å². The van der Waals surface area contributed by atoms with Crippen molar-refractivity contribution < 1.29 is 22.7 Å². The molecule has 2 nitrogen and oxygen atoms in total. The van der Waals surface area contributed by atoms with Crippen LogP contribution in [-0.4, -0.2) is 29.8 Å². The highest BCUT2D eigenvalue weighted by Crippen LogP contribution is 2.45. The summed E-state index contributed by atoms with van der Waals surface area (Å²) in [5.41, 5.74) is 0. The van der Waals surface area contributed by atoms with Crippen LogP contribution < -0.4 is 0 Å². The van der Waals surface area contributed by atoms with Crippen molar-refractivity contribution in [2.45, 2.75) is 17.3 Å². The average molecular weight is 254 g/mol. The lowest BCUT2D eigenvalue weighted by atomic mass is 10.0. The first-order valence-electron chi connectivity index (χ1n) is 4.36. The Kier molecular flexibility index (Phi) is 5.64. The average Bonchev–Trinajstić information content (AvgIpc) is 2.21. The number of ether oxygens (including phenoxy) is 1. The molecule has 0 rings (SSSR count). The van der Waals surface area contributed by atoms with E-state index in [-0.39, 0.29) is 5.75 Å². The van der Waals surface area contributed by atoms with Crippen molar-refractivity contribution in [2.75, 3.05) is 12.9 Å². The number of thioether (sulfide) groups is 1. The molecule has 0 aliphatic rings. The maximum absolute atomic E-state index is 12.9. The lowest BCUT2D eigenvalue weighted by molar-refractivity contribution is -0.184. The SMILES string of the molecule is C=CCSC(CC=C)(C(=O)OC)C(F)(F)F.